The molecule has 4 aliphatic heterocycles. The predicted molar refractivity (Wildman–Crippen MR) is 285 cm³/mol. The van der Waals surface area contributed by atoms with Crippen LogP contribution in [-0.2, 0) is 74.5 Å². The second-order valence-electron chi connectivity index (χ2n) is 20.7. The Labute approximate surface area is 464 Å². The number of alkyl carbamates (subject to hydrolysis) is 1. The van der Waals surface area contributed by atoms with Crippen LogP contribution in [0.5, 0.6) is 0 Å². The standard InChI is InChI=1S/C52H68Cl3N7O14Si/c1-29(2)51(6,7)77(8,9)76-49-37(58-50(64)68-28-52(53,54)55)44(40(30(3)70-49)65-25-33-19-13-10-14-20-33)75-47-39(60-62-57)45(71-32(5)63)41(31(4)69-47)73-48-38(59-61-56)43(66-26-34-21-15-11-16-22-34)42-36(72-48)27-67-46(74-42)35-23-17-12-18-24-35/h10-24,29-31,36-49H,25-28H2,1-9H3,(H,58,64)/t30-,31+,36-,37-,38+,39+,40+,41-,42-,43-,44-,45+,46?,47+,48+,49+/m1/s1. The Balaban J connectivity index is 1.24. The molecule has 3 aromatic carbocycles. The number of alkyl halides is 3. The number of halogens is 3. The smallest absolute Gasteiger partial charge is 0.407 e. The molecule has 7 rings (SSSR count). The van der Waals surface area contributed by atoms with E-state index in [-0.39, 0.29) is 30.8 Å². The quantitative estimate of drug-likeness (QED) is 0.0276. The Hall–Kier alpha value is -4.29. The van der Waals surface area contributed by atoms with Crippen LogP contribution in [0.1, 0.15) is 71.4 Å². The lowest BCUT2D eigenvalue weighted by Crippen LogP contribution is -2.69. The van der Waals surface area contributed by atoms with Crippen LogP contribution >= 0.6 is 34.8 Å². The number of hydrogen-bond acceptors (Lipinski definition) is 16. The zero-order valence-corrected chi connectivity index (χ0v) is 47.6. The molecule has 0 saturated carbocycles. The second kappa shape index (κ2) is 26.8. The second-order valence-corrected chi connectivity index (χ2v) is 27.8. The molecule has 4 heterocycles. The fourth-order valence-corrected chi connectivity index (χ4v) is 12.2. The number of nitrogens with zero attached hydrogens (tertiary/aromatic N) is 6. The minimum atomic E-state index is -2.81. The van der Waals surface area contributed by atoms with Crippen molar-refractivity contribution in [3.05, 3.63) is 129 Å². The van der Waals surface area contributed by atoms with E-state index in [1.54, 1.807) is 13.8 Å². The third kappa shape index (κ3) is 15.3. The monoisotopic (exact) mass is 1150 g/mol. The molecular formula is C52H68Cl3N7O14Si. The van der Waals surface area contributed by atoms with Crippen molar-refractivity contribution in [1.29, 1.82) is 0 Å². The lowest BCUT2D eigenvalue weighted by Gasteiger charge is -2.52. The highest BCUT2D eigenvalue weighted by molar-refractivity contribution is 6.74. The van der Waals surface area contributed by atoms with Gasteiger partial charge in [-0.15, -0.1) is 0 Å². The van der Waals surface area contributed by atoms with Crippen molar-refractivity contribution in [2.75, 3.05) is 13.2 Å². The summed E-state index contributed by atoms with van der Waals surface area (Å²) < 4.78 is 76.1. The molecule has 21 nitrogen and oxygen atoms in total. The lowest BCUT2D eigenvalue weighted by molar-refractivity contribution is -0.369. The van der Waals surface area contributed by atoms with Gasteiger partial charge in [-0.1, -0.05) is 164 Å². The molecular weight excluding hydrogens is 1080 g/mol. The van der Waals surface area contributed by atoms with E-state index in [1.165, 1.54) is 6.92 Å². The van der Waals surface area contributed by atoms with Gasteiger partial charge in [0.15, 0.2) is 33.5 Å². The lowest BCUT2D eigenvalue weighted by atomic mass is 9.93. The first-order chi connectivity index (χ1) is 36.6. The Morgan fingerprint density at radius 1 is 0.740 bits per heavy atom. The zero-order valence-electron chi connectivity index (χ0n) is 44.3. The normalized spacial score (nSPS) is 31.7. The van der Waals surface area contributed by atoms with E-state index in [4.69, 9.17) is 91.3 Å². The molecule has 0 radical (unpaired) electrons. The zero-order chi connectivity index (χ0) is 55.7. The number of esters is 1. The van der Waals surface area contributed by atoms with Gasteiger partial charge in [-0.3, -0.25) is 4.79 Å². The van der Waals surface area contributed by atoms with Crippen molar-refractivity contribution in [3.63, 3.8) is 0 Å². The van der Waals surface area contributed by atoms with Gasteiger partial charge >= 0.3 is 12.1 Å². The largest absolute Gasteiger partial charge is 0.459 e. The van der Waals surface area contributed by atoms with Gasteiger partial charge in [0.2, 0.25) is 3.79 Å². The van der Waals surface area contributed by atoms with E-state index in [9.17, 15) is 20.7 Å². The average Bonchev–Trinajstić information content (AvgIpc) is 3.38. The van der Waals surface area contributed by atoms with Crippen LogP contribution in [-0.4, -0.2) is 129 Å². The van der Waals surface area contributed by atoms with Gasteiger partial charge in [-0.05, 0) is 60.1 Å². The topological polar surface area (TPSA) is 254 Å². The van der Waals surface area contributed by atoms with E-state index >= 15 is 0 Å². The summed E-state index contributed by atoms with van der Waals surface area (Å²) in [6.45, 7) is 16.7. The molecule has 4 aliphatic rings. The van der Waals surface area contributed by atoms with Gasteiger partial charge in [-0.2, -0.15) is 0 Å². The number of azide groups is 2. The Morgan fingerprint density at radius 2 is 1.26 bits per heavy atom. The first-order valence-electron chi connectivity index (χ1n) is 25.4. The van der Waals surface area contributed by atoms with Crippen LogP contribution in [0.4, 0.5) is 4.79 Å². The number of carbonyl (C=O) groups excluding carboxylic acids is 2. The first-order valence-corrected chi connectivity index (χ1v) is 29.5. The van der Waals surface area contributed by atoms with Crippen molar-refractivity contribution in [2.24, 2.45) is 16.1 Å². The summed E-state index contributed by atoms with van der Waals surface area (Å²) in [6.07, 6.45) is -15.5. The summed E-state index contributed by atoms with van der Waals surface area (Å²) >= 11 is 18.0. The Kier molecular flexibility index (Phi) is 21.0. The number of benzene rings is 3. The van der Waals surface area contributed by atoms with E-state index in [0.29, 0.717) is 0 Å². The molecule has 420 valence electrons. The SMILES string of the molecule is CC(=O)O[C@H]1[C@H](N=[N+]=[N-])[C@H](O[C@@H]2[C@@H](NC(=O)OCC(Cl)(Cl)Cl)[C@H](O[Si](C)(C)C(C)(C)C(C)C)O[C@H](C)[C@@H]2OCc2ccccc2)O[C@@H](C)[C@H]1O[C@@H]1O[C@@H]2COC(c3ccccc3)O[C@H]2[C@H](OCc2ccccc2)[C@@H]1N=[N+]=[N-]. The van der Waals surface area contributed by atoms with Crippen molar-refractivity contribution >= 4 is 55.2 Å². The maximum absolute atomic E-state index is 13.8. The molecule has 0 aliphatic carbocycles. The highest BCUT2D eigenvalue weighted by atomic mass is 35.6. The molecule has 4 fully saturated rings. The molecule has 0 spiro atoms. The fourth-order valence-electron chi connectivity index (χ4n) is 9.57. The van der Waals surface area contributed by atoms with E-state index in [1.807, 2.05) is 91.0 Å². The van der Waals surface area contributed by atoms with Gasteiger partial charge in [0.1, 0.15) is 67.5 Å². The van der Waals surface area contributed by atoms with Crippen LogP contribution < -0.4 is 5.32 Å². The minimum Gasteiger partial charge on any atom is -0.459 e. The molecule has 16 atom stereocenters. The third-order valence-corrected chi connectivity index (χ3v) is 19.6. The van der Waals surface area contributed by atoms with Gasteiger partial charge < -0.3 is 61.8 Å². The first kappa shape index (κ1) is 60.3. The molecule has 25 heteroatoms. The van der Waals surface area contributed by atoms with Gasteiger partial charge in [0.25, 0.3) is 0 Å². The summed E-state index contributed by atoms with van der Waals surface area (Å²) in [5, 5.41) is 10.8. The van der Waals surface area contributed by atoms with Crippen LogP contribution in [0, 0.1) is 5.92 Å². The Morgan fingerprint density at radius 3 is 1.82 bits per heavy atom. The summed E-state index contributed by atoms with van der Waals surface area (Å²) in [6, 6.07) is 24.1. The summed E-state index contributed by atoms with van der Waals surface area (Å²) in [7, 11) is -2.81. The molecule has 3 aromatic rings. The van der Waals surface area contributed by atoms with E-state index < -0.39 is 129 Å². The molecule has 1 N–H and O–H groups in total. The maximum Gasteiger partial charge on any atom is 0.407 e. The van der Waals surface area contributed by atoms with Crippen LogP contribution in [0.3, 0.4) is 0 Å². The summed E-state index contributed by atoms with van der Waals surface area (Å²) in [4.78, 5) is 33.4. The van der Waals surface area contributed by atoms with Crippen molar-refractivity contribution < 1.29 is 66.1 Å². The molecule has 1 amide bonds. The number of ether oxygens (including phenoxy) is 11. The molecule has 77 heavy (non-hydrogen) atoms. The van der Waals surface area contributed by atoms with Gasteiger partial charge in [0.05, 0.1) is 32.0 Å². The molecule has 0 bridgehead atoms. The molecule has 1 unspecified atom stereocenters. The van der Waals surface area contributed by atoms with Crippen molar-refractivity contribution in [1.82, 2.24) is 5.32 Å². The summed E-state index contributed by atoms with van der Waals surface area (Å²) in [5.41, 5.74) is 22.8. The molecule has 4 saturated heterocycles. The number of amides is 1. The van der Waals surface area contributed by atoms with Crippen LogP contribution in [0.2, 0.25) is 18.1 Å². The number of nitrogens with one attached hydrogen (secondary N) is 1. The van der Waals surface area contributed by atoms with E-state index in [2.05, 4.69) is 66.2 Å². The van der Waals surface area contributed by atoms with Gasteiger partial charge in [0, 0.05) is 22.3 Å². The number of rotatable bonds is 20. The van der Waals surface area contributed by atoms with Crippen molar-refractivity contribution in [2.45, 2.75) is 182 Å². The minimum absolute atomic E-state index is 0.0171. The van der Waals surface area contributed by atoms with E-state index in [0.717, 1.165) is 16.7 Å². The highest BCUT2D eigenvalue weighted by Crippen LogP contribution is 2.47. The van der Waals surface area contributed by atoms with Crippen LogP contribution in [0.25, 0.3) is 20.9 Å². The number of carbonyl (C=O) groups is 2. The fraction of sp³-hybridized carbons (Fsp3) is 0.615. The van der Waals surface area contributed by atoms with Gasteiger partial charge in [-0.25, -0.2) is 4.79 Å². The Bertz CT molecular complexity index is 2500. The average molecular weight is 1150 g/mol. The summed E-state index contributed by atoms with van der Waals surface area (Å²) in [5.74, 6) is -0.606. The predicted octanol–water partition coefficient (Wildman–Crippen LogP) is 10.7. The maximum atomic E-state index is 13.8. The highest BCUT2D eigenvalue weighted by Gasteiger charge is 2.58. The number of fused-ring (bicyclic) bond motifs is 1. The molecule has 0 aromatic heterocycles. The third-order valence-electron chi connectivity index (χ3n) is 14.8. The number of hydrogen-bond donors (Lipinski definition) is 1. The van der Waals surface area contributed by atoms with Crippen LogP contribution in [0.15, 0.2) is 101 Å². The van der Waals surface area contributed by atoms with Crippen molar-refractivity contribution in [3.8, 4) is 0 Å².